The minimum absolute atomic E-state index is 0.409. The molecule has 108 valence electrons. The topological polar surface area (TPSA) is 42.7 Å². The van der Waals surface area contributed by atoms with Gasteiger partial charge in [0.25, 0.3) is 0 Å². The van der Waals surface area contributed by atoms with Crippen LogP contribution in [0.1, 0.15) is 31.7 Å². The van der Waals surface area contributed by atoms with Crippen LogP contribution in [0.3, 0.4) is 0 Å². The third-order valence-corrected chi connectivity index (χ3v) is 3.46. The Bertz CT molecular complexity index is 492. The van der Waals surface area contributed by atoms with Gasteiger partial charge in [0.2, 0.25) is 0 Å². The predicted octanol–water partition coefficient (Wildman–Crippen LogP) is 2.45. The van der Waals surface area contributed by atoms with Crippen molar-refractivity contribution in [2.75, 3.05) is 6.54 Å². The van der Waals surface area contributed by atoms with Crippen LogP contribution in [0.5, 0.6) is 0 Å². The van der Waals surface area contributed by atoms with Gasteiger partial charge >= 0.3 is 0 Å². The van der Waals surface area contributed by atoms with Crippen LogP contribution in [-0.4, -0.2) is 27.1 Å². The molecule has 2 rings (SSSR count). The van der Waals surface area contributed by atoms with Gasteiger partial charge in [-0.2, -0.15) is 0 Å². The number of nitrogens with zero attached hydrogens (tertiary/aromatic N) is 3. The second-order valence-corrected chi connectivity index (χ2v) is 5.05. The minimum atomic E-state index is 0.409. The van der Waals surface area contributed by atoms with Crippen LogP contribution in [0.25, 0.3) is 0 Å². The molecule has 1 atom stereocenters. The lowest BCUT2D eigenvalue weighted by Gasteiger charge is -2.18. The summed E-state index contributed by atoms with van der Waals surface area (Å²) in [5, 5.41) is 3.63. The van der Waals surface area contributed by atoms with Crippen molar-refractivity contribution in [1.29, 1.82) is 0 Å². The van der Waals surface area contributed by atoms with Gasteiger partial charge in [0.1, 0.15) is 5.82 Å². The van der Waals surface area contributed by atoms with Crippen LogP contribution in [0.4, 0.5) is 0 Å². The van der Waals surface area contributed by atoms with E-state index in [2.05, 4.69) is 46.0 Å². The van der Waals surface area contributed by atoms with E-state index >= 15 is 0 Å². The number of nitrogens with one attached hydrogen (secondary N) is 1. The molecule has 0 aliphatic carbocycles. The highest BCUT2D eigenvalue weighted by Crippen LogP contribution is 2.08. The standard InChI is InChI=1S/C16H24N4/c1-3-7-18-15(11-14-6-5-8-17-13-14)12-16-19-9-10-20(16)4-2/h5-6,8-10,13,15,18H,3-4,7,11-12H2,1-2H3. The molecule has 0 aromatic carbocycles. The molecule has 0 saturated carbocycles. The lowest BCUT2D eigenvalue weighted by molar-refractivity contribution is 0.485. The van der Waals surface area contributed by atoms with Gasteiger partial charge in [0, 0.05) is 43.8 Å². The molecule has 2 aromatic heterocycles. The van der Waals surface area contributed by atoms with E-state index in [1.54, 1.807) is 0 Å². The van der Waals surface area contributed by atoms with Crippen LogP contribution < -0.4 is 5.32 Å². The Labute approximate surface area is 121 Å². The van der Waals surface area contributed by atoms with Crippen molar-refractivity contribution in [1.82, 2.24) is 19.9 Å². The monoisotopic (exact) mass is 272 g/mol. The second-order valence-electron chi connectivity index (χ2n) is 5.05. The van der Waals surface area contributed by atoms with Gasteiger partial charge in [-0.25, -0.2) is 4.98 Å². The molecule has 4 heteroatoms. The highest BCUT2D eigenvalue weighted by Gasteiger charge is 2.13. The number of aryl methyl sites for hydroxylation is 1. The number of hydrogen-bond donors (Lipinski definition) is 1. The van der Waals surface area contributed by atoms with Crippen molar-refractivity contribution in [3.63, 3.8) is 0 Å². The normalized spacial score (nSPS) is 12.5. The molecular weight excluding hydrogens is 248 g/mol. The van der Waals surface area contributed by atoms with Crippen molar-refractivity contribution >= 4 is 0 Å². The summed E-state index contributed by atoms with van der Waals surface area (Å²) in [5.41, 5.74) is 1.27. The van der Waals surface area contributed by atoms with Crippen LogP contribution in [0.2, 0.25) is 0 Å². The zero-order chi connectivity index (χ0) is 14.2. The van der Waals surface area contributed by atoms with E-state index in [-0.39, 0.29) is 0 Å². The average molecular weight is 272 g/mol. The predicted molar refractivity (Wildman–Crippen MR) is 81.6 cm³/mol. The van der Waals surface area contributed by atoms with Gasteiger partial charge < -0.3 is 9.88 Å². The highest BCUT2D eigenvalue weighted by atomic mass is 15.1. The van der Waals surface area contributed by atoms with E-state index in [1.807, 2.05) is 24.7 Å². The van der Waals surface area contributed by atoms with E-state index in [1.165, 1.54) is 5.56 Å². The first-order valence-corrected chi connectivity index (χ1v) is 7.45. The van der Waals surface area contributed by atoms with Gasteiger partial charge in [-0.05, 0) is 37.9 Å². The first-order chi connectivity index (χ1) is 9.83. The fourth-order valence-corrected chi connectivity index (χ4v) is 2.41. The molecule has 0 aliphatic rings. The summed E-state index contributed by atoms with van der Waals surface area (Å²) in [6.07, 6.45) is 10.8. The minimum Gasteiger partial charge on any atom is -0.335 e. The second kappa shape index (κ2) is 7.80. The lowest BCUT2D eigenvalue weighted by Crippen LogP contribution is -2.34. The molecule has 2 heterocycles. The zero-order valence-corrected chi connectivity index (χ0v) is 12.4. The van der Waals surface area contributed by atoms with Gasteiger partial charge in [-0.3, -0.25) is 4.98 Å². The summed E-state index contributed by atoms with van der Waals surface area (Å²) in [5.74, 6) is 1.16. The summed E-state index contributed by atoms with van der Waals surface area (Å²) in [6, 6.07) is 4.55. The van der Waals surface area contributed by atoms with E-state index < -0.39 is 0 Å². The number of aromatic nitrogens is 3. The number of rotatable bonds is 8. The molecule has 0 saturated heterocycles. The van der Waals surface area contributed by atoms with E-state index in [0.717, 1.165) is 38.2 Å². The maximum Gasteiger partial charge on any atom is 0.110 e. The molecule has 0 aliphatic heterocycles. The third kappa shape index (κ3) is 4.17. The maximum atomic E-state index is 4.48. The van der Waals surface area contributed by atoms with Crippen LogP contribution >= 0.6 is 0 Å². The molecule has 0 bridgehead atoms. The molecule has 0 radical (unpaired) electrons. The summed E-state index contributed by atoms with van der Waals surface area (Å²) < 4.78 is 2.21. The van der Waals surface area contributed by atoms with Crippen LogP contribution in [-0.2, 0) is 19.4 Å². The van der Waals surface area contributed by atoms with Gasteiger partial charge in [0.05, 0.1) is 0 Å². The van der Waals surface area contributed by atoms with Crippen LogP contribution in [0.15, 0.2) is 36.9 Å². The first-order valence-electron chi connectivity index (χ1n) is 7.45. The van der Waals surface area contributed by atoms with Gasteiger partial charge in [-0.1, -0.05) is 13.0 Å². The Morgan fingerprint density at radius 3 is 2.85 bits per heavy atom. The average Bonchev–Trinajstić information content (AvgIpc) is 2.93. The lowest BCUT2D eigenvalue weighted by atomic mass is 10.0. The van der Waals surface area contributed by atoms with Crippen molar-refractivity contribution in [3.8, 4) is 0 Å². The van der Waals surface area contributed by atoms with Crippen molar-refractivity contribution in [2.45, 2.75) is 45.7 Å². The third-order valence-electron chi connectivity index (χ3n) is 3.46. The number of imidazole rings is 1. The van der Waals surface area contributed by atoms with E-state index in [9.17, 15) is 0 Å². The highest BCUT2D eigenvalue weighted by molar-refractivity contribution is 5.11. The fourth-order valence-electron chi connectivity index (χ4n) is 2.41. The Kier molecular flexibility index (Phi) is 5.74. The van der Waals surface area contributed by atoms with Gasteiger partial charge in [0.15, 0.2) is 0 Å². The zero-order valence-electron chi connectivity index (χ0n) is 12.4. The first kappa shape index (κ1) is 14.7. The number of pyridine rings is 1. The summed E-state index contributed by atoms with van der Waals surface area (Å²) in [4.78, 5) is 8.68. The Morgan fingerprint density at radius 2 is 2.15 bits per heavy atom. The molecule has 1 unspecified atom stereocenters. The maximum absolute atomic E-state index is 4.48. The largest absolute Gasteiger partial charge is 0.335 e. The molecule has 2 aromatic rings. The fraction of sp³-hybridized carbons (Fsp3) is 0.500. The molecule has 0 spiro atoms. The Balaban J connectivity index is 2.03. The molecule has 0 amide bonds. The van der Waals surface area contributed by atoms with E-state index in [0.29, 0.717) is 6.04 Å². The molecule has 4 nitrogen and oxygen atoms in total. The SMILES string of the molecule is CCCNC(Cc1cccnc1)Cc1nccn1CC. The summed E-state index contributed by atoms with van der Waals surface area (Å²) in [6.45, 7) is 6.36. The van der Waals surface area contributed by atoms with Crippen LogP contribution in [0, 0.1) is 0 Å². The Hall–Kier alpha value is -1.68. The summed E-state index contributed by atoms with van der Waals surface area (Å²) >= 11 is 0. The smallest absolute Gasteiger partial charge is 0.110 e. The molecular formula is C16H24N4. The van der Waals surface area contributed by atoms with Crippen molar-refractivity contribution in [2.24, 2.45) is 0 Å². The summed E-state index contributed by atoms with van der Waals surface area (Å²) in [7, 11) is 0. The number of hydrogen-bond acceptors (Lipinski definition) is 3. The molecule has 0 fully saturated rings. The van der Waals surface area contributed by atoms with Crippen molar-refractivity contribution in [3.05, 3.63) is 48.3 Å². The van der Waals surface area contributed by atoms with Gasteiger partial charge in [-0.15, -0.1) is 0 Å². The van der Waals surface area contributed by atoms with Crippen molar-refractivity contribution < 1.29 is 0 Å². The quantitative estimate of drug-likeness (QED) is 0.802. The molecule has 1 N–H and O–H groups in total. The molecule has 20 heavy (non-hydrogen) atoms. The van der Waals surface area contributed by atoms with E-state index in [4.69, 9.17) is 0 Å². The Morgan fingerprint density at radius 1 is 1.25 bits per heavy atom.